The average Bonchev–Trinajstić information content (AvgIpc) is 3.67. The summed E-state index contributed by atoms with van der Waals surface area (Å²) >= 11 is 0. The van der Waals surface area contributed by atoms with Gasteiger partial charge in [0.15, 0.2) is 37.3 Å². The van der Waals surface area contributed by atoms with Crippen molar-refractivity contribution in [3.8, 4) is 34.1 Å². The molecule has 0 aliphatic carbocycles. The molecule has 6 nitrogen and oxygen atoms in total. The van der Waals surface area contributed by atoms with Crippen molar-refractivity contribution in [2.45, 2.75) is 80.8 Å². The van der Waals surface area contributed by atoms with Crippen molar-refractivity contribution in [2.75, 3.05) is 0 Å². The van der Waals surface area contributed by atoms with E-state index in [4.69, 9.17) is 18.9 Å². The second-order valence-corrected chi connectivity index (χ2v) is 21.7. The van der Waals surface area contributed by atoms with Crippen LogP contribution in [0.1, 0.15) is 61.1 Å². The Morgan fingerprint density at radius 2 is 0.750 bits per heavy atom. The third-order valence-electron chi connectivity index (χ3n) is 10.8. The van der Waals surface area contributed by atoms with Crippen LogP contribution in [0, 0.1) is 41.5 Å². The summed E-state index contributed by atoms with van der Waals surface area (Å²) in [4.78, 5) is 0. The highest BCUT2D eigenvalue weighted by molar-refractivity contribution is 7.86. The van der Waals surface area contributed by atoms with Gasteiger partial charge in [0.2, 0.25) is 11.6 Å². The number of hydrogen-bond acceptors (Lipinski definition) is 6. The molecule has 56 heavy (non-hydrogen) atoms. The first-order chi connectivity index (χ1) is 26.4. The first-order valence-electron chi connectivity index (χ1n) is 19.0. The summed E-state index contributed by atoms with van der Waals surface area (Å²) in [6, 6.07) is 35.6. The molecule has 0 unspecified atom stereocenters. The van der Waals surface area contributed by atoms with Crippen molar-refractivity contribution in [1.29, 1.82) is 0 Å². The zero-order chi connectivity index (χ0) is 39.9. The van der Waals surface area contributed by atoms with Crippen LogP contribution >= 0.6 is 14.3 Å². The molecule has 2 aliphatic rings. The second kappa shape index (κ2) is 13.3. The molecule has 286 valence electrons. The lowest BCUT2D eigenvalue weighted by molar-refractivity contribution is -0.0444. The Kier molecular flexibility index (Phi) is 8.99. The summed E-state index contributed by atoms with van der Waals surface area (Å²) in [5.41, 5.74) is 6.87. The molecule has 6 aromatic rings. The number of aryl methyl sites for hydroxylation is 5. The van der Waals surface area contributed by atoms with E-state index in [0.29, 0.717) is 71.5 Å². The van der Waals surface area contributed by atoms with Crippen LogP contribution in [0.4, 0.5) is 0 Å². The zero-order valence-corrected chi connectivity index (χ0v) is 35.5. The largest absolute Gasteiger partial charge is 0.449 e. The molecule has 0 spiro atoms. The minimum atomic E-state index is -3.67. The van der Waals surface area contributed by atoms with Crippen LogP contribution in [0.25, 0.3) is 11.1 Å². The quantitative estimate of drug-likeness (QED) is 0.150. The molecule has 0 N–H and O–H groups in total. The van der Waals surface area contributed by atoms with Crippen molar-refractivity contribution in [2.24, 2.45) is 0 Å². The van der Waals surface area contributed by atoms with Crippen molar-refractivity contribution >= 4 is 46.1 Å². The second-order valence-electron chi connectivity index (χ2n) is 16.2. The molecule has 8 heteroatoms. The van der Waals surface area contributed by atoms with Crippen molar-refractivity contribution < 1.29 is 28.1 Å². The lowest BCUT2D eigenvalue weighted by atomic mass is 9.98. The smallest absolute Gasteiger partial charge is 0.246 e. The van der Waals surface area contributed by atoms with Crippen molar-refractivity contribution in [3.05, 3.63) is 143 Å². The topological polar surface area (TPSA) is 71.1 Å². The number of rotatable bonds is 7. The number of fused-ring (bicyclic) bond motifs is 2. The molecule has 0 atom stereocenters. The van der Waals surface area contributed by atoms with Crippen LogP contribution in [-0.2, 0) is 9.13 Å². The van der Waals surface area contributed by atoms with E-state index in [1.807, 2.05) is 178 Å². The molecular formula is C48H48O6P2. The Morgan fingerprint density at radius 1 is 0.411 bits per heavy atom. The third kappa shape index (κ3) is 6.19. The van der Waals surface area contributed by atoms with E-state index < -0.39 is 25.9 Å². The first-order valence-corrected chi connectivity index (χ1v) is 22.4. The minimum absolute atomic E-state index is 0.454. The van der Waals surface area contributed by atoms with E-state index in [0.717, 1.165) is 27.8 Å². The molecule has 8 rings (SSSR count). The van der Waals surface area contributed by atoms with Crippen molar-refractivity contribution in [3.63, 3.8) is 0 Å². The van der Waals surface area contributed by atoms with Gasteiger partial charge in [-0.25, -0.2) is 0 Å². The molecule has 0 amide bonds. The summed E-state index contributed by atoms with van der Waals surface area (Å²) in [5.74, 6) is -0.112. The van der Waals surface area contributed by atoms with Crippen LogP contribution < -0.4 is 50.8 Å². The summed E-state index contributed by atoms with van der Waals surface area (Å²) in [7, 11) is -7.26. The number of benzene rings is 6. The number of hydrogen-bond donors (Lipinski definition) is 0. The van der Waals surface area contributed by atoms with Gasteiger partial charge in [-0.05, 0) is 59.2 Å². The maximum atomic E-state index is 16.6. The van der Waals surface area contributed by atoms with E-state index in [1.165, 1.54) is 0 Å². The lowest BCUT2D eigenvalue weighted by Gasteiger charge is -2.27. The van der Waals surface area contributed by atoms with E-state index in [9.17, 15) is 0 Å². The predicted molar refractivity (Wildman–Crippen MR) is 230 cm³/mol. The van der Waals surface area contributed by atoms with Crippen LogP contribution in [0.3, 0.4) is 0 Å². The van der Waals surface area contributed by atoms with Gasteiger partial charge in [0.25, 0.3) is 0 Å². The minimum Gasteiger partial charge on any atom is -0.449 e. The van der Waals surface area contributed by atoms with Gasteiger partial charge in [-0.1, -0.05) is 119 Å². The Balaban J connectivity index is 1.54. The van der Waals surface area contributed by atoms with Gasteiger partial charge in [0.1, 0.15) is 0 Å². The van der Waals surface area contributed by atoms with E-state index >= 15 is 9.13 Å². The van der Waals surface area contributed by atoms with Gasteiger partial charge in [-0.2, -0.15) is 0 Å². The molecule has 6 aromatic carbocycles. The fraction of sp³-hybridized carbons (Fsp3) is 0.250. The van der Waals surface area contributed by atoms with Gasteiger partial charge in [-0.15, -0.1) is 0 Å². The van der Waals surface area contributed by atoms with Gasteiger partial charge in [-0.3, -0.25) is 0 Å². The van der Waals surface area contributed by atoms with E-state index in [-0.39, 0.29) is 0 Å². The lowest BCUT2D eigenvalue weighted by Crippen LogP contribution is -2.30. The van der Waals surface area contributed by atoms with Crippen LogP contribution in [0.2, 0.25) is 0 Å². The first kappa shape index (κ1) is 37.9. The van der Waals surface area contributed by atoms with Gasteiger partial charge in [0, 0.05) is 76.2 Å². The molecule has 2 aliphatic heterocycles. The zero-order valence-electron chi connectivity index (χ0n) is 33.7. The van der Waals surface area contributed by atoms with Crippen LogP contribution in [0.5, 0.6) is 23.0 Å². The van der Waals surface area contributed by atoms with Gasteiger partial charge < -0.3 is 28.1 Å². The molecule has 0 bridgehead atoms. The van der Waals surface area contributed by atoms with Gasteiger partial charge >= 0.3 is 0 Å². The highest BCUT2D eigenvalue weighted by Gasteiger charge is 2.46. The maximum Gasteiger partial charge on any atom is 0.246 e. The molecular weight excluding hydrogens is 734 g/mol. The number of ether oxygens (including phenoxy) is 4. The standard InChI is InChI=1S/C48H48O6P2/c1-29-11-19-35(20-12-29)55(49,36-21-13-30(2)14-22-36)40-28-39(45-44(34(40)6)52-48(9,10)53-45)42-41(27-33(5)43-46(42)54-47(7,8)51-43)56(50,37-23-15-31(3)16-24-37)38-25-17-32(4)18-26-38/h11-28H,1-10H3. The van der Waals surface area contributed by atoms with Gasteiger partial charge in [0.05, 0.1) is 0 Å². The normalized spacial score (nSPS) is 15.2. The van der Waals surface area contributed by atoms with Crippen molar-refractivity contribution in [1.82, 2.24) is 0 Å². The molecule has 0 saturated heterocycles. The predicted octanol–water partition coefficient (Wildman–Crippen LogP) is 9.50. The average molecular weight is 783 g/mol. The molecule has 2 heterocycles. The summed E-state index contributed by atoms with van der Waals surface area (Å²) < 4.78 is 59.6. The fourth-order valence-electron chi connectivity index (χ4n) is 7.84. The molecule has 0 aromatic heterocycles. The Morgan fingerprint density at radius 3 is 1.16 bits per heavy atom. The SMILES string of the molecule is Cc1ccc(P(=O)(c2ccc(C)cc2)c2cc(-c3c(P(=O)(c4ccc(C)cc4)c4ccc(C)cc4)cc(C)c4c3OC(C)(C)O4)c3c(c2C)OC(C)(C)O3)cc1. The Labute approximate surface area is 330 Å². The molecule has 0 saturated carbocycles. The Bertz CT molecular complexity index is 2520. The highest BCUT2D eigenvalue weighted by atomic mass is 31.2. The van der Waals surface area contributed by atoms with Crippen LogP contribution in [0.15, 0.2) is 109 Å². The van der Waals surface area contributed by atoms with Crippen LogP contribution in [-0.4, -0.2) is 11.6 Å². The maximum absolute atomic E-state index is 16.6. The third-order valence-corrected chi connectivity index (χ3v) is 17.1. The Hall–Kier alpha value is -5.02. The fourth-order valence-corrected chi connectivity index (χ4v) is 13.6. The van der Waals surface area contributed by atoms with E-state index in [1.54, 1.807) is 0 Å². The highest BCUT2D eigenvalue weighted by Crippen LogP contribution is 2.59. The summed E-state index contributed by atoms with van der Waals surface area (Å²) in [6.45, 7) is 19.5. The van der Waals surface area contributed by atoms with E-state index in [2.05, 4.69) is 0 Å². The summed E-state index contributed by atoms with van der Waals surface area (Å²) in [5, 5.41) is 3.90. The summed E-state index contributed by atoms with van der Waals surface area (Å²) in [6.07, 6.45) is 0. The molecule has 0 radical (unpaired) electrons. The molecule has 0 fully saturated rings. The monoisotopic (exact) mass is 782 g/mol.